The van der Waals surface area contributed by atoms with Crippen molar-refractivity contribution in [2.75, 3.05) is 0 Å². The number of carbonyl (C=O) groups is 1. The van der Waals surface area contributed by atoms with Gasteiger partial charge in [-0.1, -0.05) is 24.3 Å². The third-order valence-corrected chi connectivity index (χ3v) is 5.39. The number of hydrogen-bond acceptors (Lipinski definition) is 4. The predicted octanol–water partition coefficient (Wildman–Crippen LogP) is 3.99. The molecule has 1 aromatic carbocycles. The fourth-order valence-electron chi connectivity index (χ4n) is 3.85. The highest BCUT2D eigenvalue weighted by atomic mass is 16.1. The quantitative estimate of drug-likeness (QED) is 0.532. The molecule has 1 N–H and O–H groups in total. The second kappa shape index (κ2) is 8.45. The van der Waals surface area contributed by atoms with Crippen LogP contribution in [-0.2, 0) is 17.8 Å². The topological polar surface area (TPSA) is 72.7 Å². The lowest BCUT2D eigenvalue weighted by Crippen LogP contribution is -2.23. The van der Waals surface area contributed by atoms with Gasteiger partial charge in [-0.3, -0.25) is 9.78 Å². The molecule has 0 saturated heterocycles. The number of nitrogens with zero attached hydrogens (tertiary/aromatic N) is 4. The SMILES string of the molecule is Cc1nc2c(c(C)nn2-c2ccccc2)c(C)c1CCC(=O)NCc1cccnc1. The minimum absolute atomic E-state index is 0.0226. The Kier molecular flexibility index (Phi) is 5.57. The second-order valence-corrected chi connectivity index (χ2v) is 7.47. The Hall–Kier alpha value is -3.54. The van der Waals surface area contributed by atoms with E-state index in [1.165, 1.54) is 0 Å². The van der Waals surface area contributed by atoms with E-state index in [0.717, 1.165) is 44.8 Å². The number of pyridine rings is 2. The number of amides is 1. The van der Waals surface area contributed by atoms with Crippen LogP contribution in [0, 0.1) is 20.8 Å². The normalized spacial score (nSPS) is 11.0. The van der Waals surface area contributed by atoms with Crippen LogP contribution in [0.15, 0.2) is 54.9 Å². The number of fused-ring (bicyclic) bond motifs is 1. The molecule has 3 heterocycles. The Bertz CT molecular complexity index is 1180. The molecule has 0 atom stereocenters. The summed E-state index contributed by atoms with van der Waals surface area (Å²) in [6, 6.07) is 13.9. The molecule has 30 heavy (non-hydrogen) atoms. The summed E-state index contributed by atoms with van der Waals surface area (Å²) in [5.41, 5.74) is 7.00. The van der Waals surface area contributed by atoms with E-state index in [1.54, 1.807) is 12.4 Å². The fraction of sp³-hybridized carbons (Fsp3) is 0.250. The maximum atomic E-state index is 12.4. The van der Waals surface area contributed by atoms with Crippen LogP contribution in [0.5, 0.6) is 0 Å². The number of carbonyl (C=O) groups excluding carboxylic acids is 1. The molecule has 6 nitrogen and oxygen atoms in total. The standard InChI is InChI=1S/C24H25N5O/c1-16-21(11-12-22(30)26-15-19-8-7-13-25-14-19)17(2)27-24-23(16)18(3)28-29(24)20-9-5-4-6-10-20/h4-10,13-14H,11-12,15H2,1-3H3,(H,26,30). The molecule has 3 aromatic heterocycles. The zero-order chi connectivity index (χ0) is 21.1. The smallest absolute Gasteiger partial charge is 0.220 e. The Morgan fingerprint density at radius 1 is 1.03 bits per heavy atom. The Balaban J connectivity index is 1.55. The summed E-state index contributed by atoms with van der Waals surface area (Å²) in [4.78, 5) is 21.3. The average molecular weight is 399 g/mol. The molecule has 1 amide bonds. The van der Waals surface area contributed by atoms with Crippen molar-refractivity contribution in [2.45, 2.75) is 40.2 Å². The lowest BCUT2D eigenvalue weighted by Gasteiger charge is -2.12. The summed E-state index contributed by atoms with van der Waals surface area (Å²) < 4.78 is 1.90. The van der Waals surface area contributed by atoms with Gasteiger partial charge >= 0.3 is 0 Å². The van der Waals surface area contributed by atoms with E-state index in [0.29, 0.717) is 19.4 Å². The minimum Gasteiger partial charge on any atom is -0.352 e. The van der Waals surface area contributed by atoms with E-state index in [9.17, 15) is 4.79 Å². The first-order valence-corrected chi connectivity index (χ1v) is 10.1. The molecule has 0 radical (unpaired) electrons. The van der Waals surface area contributed by atoms with Crippen molar-refractivity contribution in [1.82, 2.24) is 25.1 Å². The maximum Gasteiger partial charge on any atom is 0.220 e. The van der Waals surface area contributed by atoms with Crippen molar-refractivity contribution in [3.05, 3.63) is 82.9 Å². The van der Waals surface area contributed by atoms with Crippen molar-refractivity contribution < 1.29 is 4.79 Å². The highest BCUT2D eigenvalue weighted by Gasteiger charge is 2.18. The van der Waals surface area contributed by atoms with Crippen molar-refractivity contribution in [3.8, 4) is 5.69 Å². The third-order valence-electron chi connectivity index (χ3n) is 5.39. The third kappa shape index (κ3) is 3.94. The summed E-state index contributed by atoms with van der Waals surface area (Å²) >= 11 is 0. The summed E-state index contributed by atoms with van der Waals surface area (Å²) in [6.45, 7) is 6.61. The van der Waals surface area contributed by atoms with E-state index in [1.807, 2.05) is 61.0 Å². The molecule has 0 aliphatic heterocycles. The molecule has 0 bridgehead atoms. The van der Waals surface area contributed by atoms with Crippen LogP contribution in [0.3, 0.4) is 0 Å². The molecular formula is C24H25N5O. The van der Waals surface area contributed by atoms with Gasteiger partial charge in [-0.15, -0.1) is 0 Å². The van der Waals surface area contributed by atoms with Gasteiger partial charge < -0.3 is 5.32 Å². The lowest BCUT2D eigenvalue weighted by atomic mass is 9.99. The van der Waals surface area contributed by atoms with Gasteiger partial charge in [0.1, 0.15) is 0 Å². The van der Waals surface area contributed by atoms with Crippen molar-refractivity contribution in [3.63, 3.8) is 0 Å². The van der Waals surface area contributed by atoms with Crippen LogP contribution in [0.1, 0.15) is 34.5 Å². The van der Waals surface area contributed by atoms with E-state index >= 15 is 0 Å². The van der Waals surface area contributed by atoms with Crippen LogP contribution in [0.2, 0.25) is 0 Å². The largest absolute Gasteiger partial charge is 0.352 e. The fourth-order valence-corrected chi connectivity index (χ4v) is 3.85. The van der Waals surface area contributed by atoms with E-state index < -0.39 is 0 Å². The van der Waals surface area contributed by atoms with Gasteiger partial charge in [-0.25, -0.2) is 9.67 Å². The van der Waals surface area contributed by atoms with Gasteiger partial charge in [0.2, 0.25) is 5.91 Å². The Morgan fingerprint density at radius 3 is 2.57 bits per heavy atom. The highest BCUT2D eigenvalue weighted by molar-refractivity contribution is 5.85. The Morgan fingerprint density at radius 2 is 1.83 bits per heavy atom. The molecule has 0 unspecified atom stereocenters. The molecule has 0 spiro atoms. The summed E-state index contributed by atoms with van der Waals surface area (Å²) in [5.74, 6) is 0.0226. The van der Waals surface area contributed by atoms with Gasteiger partial charge in [0, 0.05) is 36.4 Å². The molecule has 0 aliphatic rings. The van der Waals surface area contributed by atoms with Gasteiger partial charge in [-0.2, -0.15) is 5.10 Å². The molecule has 4 aromatic rings. The number of para-hydroxylation sites is 1. The molecule has 0 fully saturated rings. The van der Waals surface area contributed by atoms with E-state index in [2.05, 4.69) is 17.2 Å². The van der Waals surface area contributed by atoms with Crippen LogP contribution >= 0.6 is 0 Å². The lowest BCUT2D eigenvalue weighted by molar-refractivity contribution is -0.121. The van der Waals surface area contributed by atoms with Crippen LogP contribution in [0.25, 0.3) is 16.7 Å². The van der Waals surface area contributed by atoms with Crippen molar-refractivity contribution in [1.29, 1.82) is 0 Å². The number of hydrogen-bond donors (Lipinski definition) is 1. The summed E-state index contributed by atoms with van der Waals surface area (Å²) in [6.07, 6.45) is 4.55. The van der Waals surface area contributed by atoms with Gasteiger partial charge in [0.25, 0.3) is 0 Å². The average Bonchev–Trinajstić information content (AvgIpc) is 3.09. The number of aromatic nitrogens is 4. The van der Waals surface area contributed by atoms with E-state index in [4.69, 9.17) is 10.1 Å². The monoisotopic (exact) mass is 399 g/mol. The summed E-state index contributed by atoms with van der Waals surface area (Å²) in [7, 11) is 0. The zero-order valence-electron chi connectivity index (χ0n) is 17.5. The first-order chi connectivity index (χ1) is 14.5. The number of nitrogens with one attached hydrogen (secondary N) is 1. The first kappa shape index (κ1) is 19.8. The molecule has 0 aliphatic carbocycles. The van der Waals surface area contributed by atoms with Crippen LogP contribution in [-0.4, -0.2) is 25.7 Å². The molecular weight excluding hydrogens is 374 g/mol. The van der Waals surface area contributed by atoms with E-state index in [-0.39, 0.29) is 5.91 Å². The zero-order valence-corrected chi connectivity index (χ0v) is 17.5. The van der Waals surface area contributed by atoms with Gasteiger partial charge in [0.05, 0.1) is 11.4 Å². The van der Waals surface area contributed by atoms with Gasteiger partial charge in [0.15, 0.2) is 5.65 Å². The van der Waals surface area contributed by atoms with Gasteiger partial charge in [-0.05, 0) is 62.1 Å². The number of aryl methyl sites for hydroxylation is 3. The second-order valence-electron chi connectivity index (χ2n) is 7.47. The van der Waals surface area contributed by atoms with Crippen molar-refractivity contribution in [2.24, 2.45) is 0 Å². The minimum atomic E-state index is 0.0226. The van der Waals surface area contributed by atoms with Crippen LogP contribution < -0.4 is 5.32 Å². The Labute approximate surface area is 176 Å². The number of rotatable bonds is 6. The highest BCUT2D eigenvalue weighted by Crippen LogP contribution is 2.28. The summed E-state index contributed by atoms with van der Waals surface area (Å²) in [5, 5.41) is 8.76. The number of benzene rings is 1. The molecule has 0 saturated carbocycles. The van der Waals surface area contributed by atoms with Crippen molar-refractivity contribution >= 4 is 16.9 Å². The maximum absolute atomic E-state index is 12.4. The molecule has 4 rings (SSSR count). The van der Waals surface area contributed by atoms with Crippen LogP contribution in [0.4, 0.5) is 0 Å². The first-order valence-electron chi connectivity index (χ1n) is 10.1. The molecule has 6 heteroatoms. The predicted molar refractivity (Wildman–Crippen MR) is 117 cm³/mol. The molecule has 152 valence electrons.